The second-order valence-electron chi connectivity index (χ2n) is 6.12. The number of imide groups is 2. The molecule has 2 fully saturated rings. The third kappa shape index (κ3) is 5.23. The molecule has 2 aromatic carbocycles. The zero-order chi connectivity index (χ0) is 21.7. The number of hydrogen-bond donors (Lipinski definition) is 6. The Morgan fingerprint density at radius 1 is 0.533 bits per heavy atom. The van der Waals surface area contributed by atoms with Crippen LogP contribution in [-0.4, -0.2) is 34.1 Å². The number of phenols is 2. The standard InChI is InChI=1S/2C10H8N2O3/c2*13-7-3-1-6(2-4-7)5-8-9(14)12-10(15)11-8/h2*1-5,13H,(H2,11,12,14,15)/b2*8-5-. The Hall–Kier alpha value is -4.60. The molecule has 10 nitrogen and oxygen atoms in total. The minimum absolute atomic E-state index is 0.150. The number of urea groups is 2. The molecule has 2 saturated heterocycles. The Bertz CT molecular complexity index is 984. The van der Waals surface area contributed by atoms with E-state index in [1.54, 1.807) is 24.3 Å². The van der Waals surface area contributed by atoms with E-state index < -0.39 is 23.9 Å². The molecule has 6 amide bonds. The van der Waals surface area contributed by atoms with Gasteiger partial charge in [0.25, 0.3) is 11.8 Å². The number of aromatic hydroxyl groups is 2. The van der Waals surface area contributed by atoms with Gasteiger partial charge in [-0.05, 0) is 47.5 Å². The summed E-state index contributed by atoms with van der Waals surface area (Å²) in [6, 6.07) is 11.5. The van der Waals surface area contributed by atoms with Crippen molar-refractivity contribution < 1.29 is 29.4 Å². The van der Waals surface area contributed by atoms with Crippen LogP contribution in [-0.2, 0) is 9.59 Å². The molecule has 0 saturated carbocycles. The largest absolute Gasteiger partial charge is 0.508 e. The molecule has 4 rings (SSSR count). The number of nitrogens with one attached hydrogen (secondary N) is 4. The highest BCUT2D eigenvalue weighted by atomic mass is 16.3. The normalized spacial score (nSPS) is 17.7. The molecule has 0 radical (unpaired) electrons. The summed E-state index contributed by atoms with van der Waals surface area (Å²) in [7, 11) is 0. The number of carbonyl (C=O) groups is 4. The Labute approximate surface area is 169 Å². The van der Waals surface area contributed by atoms with E-state index in [1.165, 1.54) is 36.4 Å². The number of rotatable bonds is 2. The molecule has 2 aromatic rings. The Balaban J connectivity index is 0.000000171. The van der Waals surface area contributed by atoms with Crippen LogP contribution in [0.15, 0.2) is 59.9 Å². The van der Waals surface area contributed by atoms with Crippen molar-refractivity contribution in [2.45, 2.75) is 0 Å². The van der Waals surface area contributed by atoms with Crippen LogP contribution in [0, 0.1) is 0 Å². The van der Waals surface area contributed by atoms with Crippen molar-refractivity contribution in [1.29, 1.82) is 0 Å². The molecule has 2 aliphatic heterocycles. The van der Waals surface area contributed by atoms with Crippen molar-refractivity contribution >= 4 is 36.0 Å². The van der Waals surface area contributed by atoms with E-state index in [2.05, 4.69) is 21.3 Å². The molecule has 152 valence electrons. The number of hydrogen-bond acceptors (Lipinski definition) is 6. The second kappa shape index (κ2) is 8.61. The summed E-state index contributed by atoms with van der Waals surface area (Å²) in [5, 5.41) is 27.0. The molecule has 10 heteroatoms. The molecule has 30 heavy (non-hydrogen) atoms. The third-order valence-electron chi connectivity index (χ3n) is 3.85. The smallest absolute Gasteiger partial charge is 0.326 e. The van der Waals surface area contributed by atoms with Crippen molar-refractivity contribution in [2.24, 2.45) is 0 Å². The summed E-state index contributed by atoms with van der Waals surface area (Å²) >= 11 is 0. The predicted octanol–water partition coefficient (Wildman–Crippen LogP) is 1.14. The van der Waals surface area contributed by atoms with Gasteiger partial charge in [-0.3, -0.25) is 20.2 Å². The van der Waals surface area contributed by atoms with Crippen LogP contribution in [0.25, 0.3) is 12.2 Å². The van der Waals surface area contributed by atoms with E-state index in [-0.39, 0.29) is 22.9 Å². The first-order chi connectivity index (χ1) is 14.3. The van der Waals surface area contributed by atoms with Crippen LogP contribution in [0.5, 0.6) is 11.5 Å². The molecule has 0 aromatic heterocycles. The number of carbonyl (C=O) groups excluding carboxylic acids is 4. The predicted molar refractivity (Wildman–Crippen MR) is 106 cm³/mol. The van der Waals surface area contributed by atoms with Gasteiger partial charge in [0, 0.05) is 0 Å². The fourth-order valence-electron chi connectivity index (χ4n) is 2.44. The molecule has 2 aliphatic rings. The molecule has 0 aliphatic carbocycles. The molecule has 0 atom stereocenters. The van der Waals surface area contributed by atoms with Gasteiger partial charge in [-0.15, -0.1) is 0 Å². The fourth-order valence-corrected chi connectivity index (χ4v) is 2.44. The van der Waals surface area contributed by atoms with Crippen LogP contribution < -0.4 is 21.3 Å². The summed E-state index contributed by atoms with van der Waals surface area (Å²) in [4.78, 5) is 43.9. The first kappa shape index (κ1) is 20.1. The minimum Gasteiger partial charge on any atom is -0.508 e. The Kier molecular flexibility index (Phi) is 5.78. The van der Waals surface area contributed by atoms with Gasteiger partial charge in [-0.25, -0.2) is 9.59 Å². The van der Waals surface area contributed by atoms with Crippen molar-refractivity contribution in [3.8, 4) is 11.5 Å². The number of benzene rings is 2. The van der Waals surface area contributed by atoms with Gasteiger partial charge in [0.2, 0.25) is 0 Å². The first-order valence-electron chi connectivity index (χ1n) is 8.56. The van der Waals surface area contributed by atoms with Gasteiger partial charge in [0.15, 0.2) is 0 Å². The summed E-state index contributed by atoms with van der Waals surface area (Å²) in [6.45, 7) is 0. The fraction of sp³-hybridized carbons (Fsp3) is 0. The topological polar surface area (TPSA) is 157 Å². The quantitative estimate of drug-likeness (QED) is 0.323. The summed E-state index contributed by atoms with van der Waals surface area (Å²) in [5.41, 5.74) is 1.84. The van der Waals surface area contributed by atoms with E-state index >= 15 is 0 Å². The van der Waals surface area contributed by atoms with Gasteiger partial charge >= 0.3 is 12.1 Å². The first-order valence-corrected chi connectivity index (χ1v) is 8.56. The lowest BCUT2D eigenvalue weighted by Gasteiger charge is -1.96. The van der Waals surface area contributed by atoms with Crippen molar-refractivity contribution in [3.05, 3.63) is 71.1 Å². The van der Waals surface area contributed by atoms with Crippen LogP contribution >= 0.6 is 0 Å². The van der Waals surface area contributed by atoms with E-state index in [0.29, 0.717) is 0 Å². The van der Waals surface area contributed by atoms with Gasteiger partial charge < -0.3 is 20.8 Å². The highest BCUT2D eigenvalue weighted by Gasteiger charge is 2.23. The van der Waals surface area contributed by atoms with Crippen molar-refractivity contribution in [1.82, 2.24) is 21.3 Å². The zero-order valence-corrected chi connectivity index (χ0v) is 15.3. The molecule has 0 bridgehead atoms. The van der Waals surface area contributed by atoms with Gasteiger partial charge in [-0.1, -0.05) is 24.3 Å². The SMILES string of the molecule is O=C1NC(=O)/C(=C/c2ccc(O)cc2)N1.O=C1NC(=O)/C(=C/c2ccc(O)cc2)N1. The lowest BCUT2D eigenvalue weighted by atomic mass is 10.2. The van der Waals surface area contributed by atoms with Crippen LogP contribution in [0.2, 0.25) is 0 Å². The number of phenolic OH excluding ortho intramolecular Hbond substituents is 2. The summed E-state index contributed by atoms with van der Waals surface area (Å²) in [5.74, 6) is -0.602. The third-order valence-corrected chi connectivity index (χ3v) is 3.85. The average Bonchev–Trinajstić information content (AvgIpc) is 3.19. The van der Waals surface area contributed by atoms with Crippen molar-refractivity contribution in [3.63, 3.8) is 0 Å². The Morgan fingerprint density at radius 3 is 1.13 bits per heavy atom. The maximum absolute atomic E-state index is 11.1. The van der Waals surface area contributed by atoms with Crippen molar-refractivity contribution in [2.75, 3.05) is 0 Å². The van der Waals surface area contributed by atoms with Gasteiger partial charge in [0.1, 0.15) is 22.9 Å². The highest BCUT2D eigenvalue weighted by molar-refractivity contribution is 6.14. The number of amides is 6. The second-order valence-corrected chi connectivity index (χ2v) is 6.12. The molecule has 6 N–H and O–H groups in total. The average molecular weight is 408 g/mol. The summed E-state index contributed by atoms with van der Waals surface area (Å²) in [6.07, 6.45) is 3.05. The molecule has 0 spiro atoms. The maximum atomic E-state index is 11.1. The lowest BCUT2D eigenvalue weighted by molar-refractivity contribution is -0.116. The molecule has 0 unspecified atom stereocenters. The van der Waals surface area contributed by atoms with Crippen LogP contribution in [0.3, 0.4) is 0 Å². The highest BCUT2D eigenvalue weighted by Crippen LogP contribution is 2.14. The molecule has 2 heterocycles. The van der Waals surface area contributed by atoms with Gasteiger partial charge in [-0.2, -0.15) is 0 Å². The van der Waals surface area contributed by atoms with E-state index in [9.17, 15) is 19.2 Å². The van der Waals surface area contributed by atoms with Crippen LogP contribution in [0.1, 0.15) is 11.1 Å². The Morgan fingerprint density at radius 2 is 0.867 bits per heavy atom. The monoisotopic (exact) mass is 408 g/mol. The van der Waals surface area contributed by atoms with E-state index in [0.717, 1.165) is 11.1 Å². The molecular formula is C20H16N4O6. The minimum atomic E-state index is -0.523. The van der Waals surface area contributed by atoms with Gasteiger partial charge in [0.05, 0.1) is 0 Å². The van der Waals surface area contributed by atoms with E-state index in [1.807, 2.05) is 0 Å². The lowest BCUT2D eigenvalue weighted by Crippen LogP contribution is -2.22. The maximum Gasteiger partial charge on any atom is 0.326 e. The summed E-state index contributed by atoms with van der Waals surface area (Å²) < 4.78 is 0. The zero-order valence-electron chi connectivity index (χ0n) is 15.3. The van der Waals surface area contributed by atoms with E-state index in [4.69, 9.17) is 10.2 Å². The molecular weight excluding hydrogens is 392 g/mol. The van der Waals surface area contributed by atoms with Crippen LogP contribution in [0.4, 0.5) is 9.59 Å².